The van der Waals surface area contributed by atoms with Gasteiger partial charge in [0, 0.05) is 22.6 Å². The van der Waals surface area contributed by atoms with Crippen LogP contribution in [0, 0.1) is 10.1 Å². The molecule has 0 fully saturated rings. The molecule has 0 bridgehead atoms. The fourth-order valence-corrected chi connectivity index (χ4v) is 4.43. The van der Waals surface area contributed by atoms with E-state index in [0.29, 0.717) is 18.4 Å². The van der Waals surface area contributed by atoms with E-state index in [1.54, 1.807) is 0 Å². The molecule has 1 aliphatic rings. The number of nitro groups is 1. The number of nitrogens with one attached hydrogen (secondary N) is 1. The highest BCUT2D eigenvalue weighted by Gasteiger charge is 2.38. The molecule has 1 amide bonds. The molecule has 10 heteroatoms. The van der Waals surface area contributed by atoms with Gasteiger partial charge in [-0.1, -0.05) is 6.07 Å². The van der Waals surface area contributed by atoms with Crippen molar-refractivity contribution in [3.63, 3.8) is 0 Å². The molecule has 0 spiro atoms. The van der Waals surface area contributed by atoms with E-state index >= 15 is 0 Å². The predicted molar refractivity (Wildman–Crippen MR) is 99.8 cm³/mol. The lowest BCUT2D eigenvalue weighted by molar-refractivity contribution is -0.384. The number of hydrogen-bond donors (Lipinski definition) is 1. The summed E-state index contributed by atoms with van der Waals surface area (Å²) >= 11 is 1.18. The second-order valence-corrected chi connectivity index (χ2v) is 7.12. The molecule has 0 unspecified atom stereocenters. The smallest absolute Gasteiger partial charge is 0.341 e. The Morgan fingerprint density at radius 1 is 1.25 bits per heavy atom. The Balaban J connectivity index is 1.98. The molecule has 1 aromatic carbocycles. The highest BCUT2D eigenvalue weighted by Crippen LogP contribution is 2.46. The molecule has 1 aliphatic carbocycles. The summed E-state index contributed by atoms with van der Waals surface area (Å²) in [7, 11) is 2.48. The number of aryl methyl sites for hydroxylation is 1. The minimum absolute atomic E-state index is 0.0723. The molecule has 0 saturated heterocycles. The average Bonchev–Trinajstić information content (AvgIpc) is 3.25. The highest BCUT2D eigenvalue weighted by atomic mass is 32.1. The van der Waals surface area contributed by atoms with Crippen molar-refractivity contribution in [3.05, 3.63) is 55.9 Å². The zero-order valence-electron chi connectivity index (χ0n) is 15.0. The number of nitro benzene ring substituents is 1. The topological polar surface area (TPSA) is 125 Å². The van der Waals surface area contributed by atoms with Crippen molar-refractivity contribution >= 4 is 39.9 Å². The largest absolute Gasteiger partial charge is 0.469 e. The van der Waals surface area contributed by atoms with Gasteiger partial charge in [-0.05, 0) is 24.5 Å². The Hall–Kier alpha value is -3.27. The fraction of sp³-hybridized carbons (Fsp3) is 0.278. The molecule has 2 aromatic rings. The normalized spacial score (nSPS) is 14.9. The van der Waals surface area contributed by atoms with Crippen LogP contribution in [0.3, 0.4) is 0 Å². The van der Waals surface area contributed by atoms with Crippen molar-refractivity contribution in [1.82, 2.24) is 0 Å². The van der Waals surface area contributed by atoms with Gasteiger partial charge in [-0.3, -0.25) is 19.7 Å². The average molecular weight is 404 g/mol. The van der Waals surface area contributed by atoms with Crippen LogP contribution < -0.4 is 5.32 Å². The number of rotatable bonds is 5. The van der Waals surface area contributed by atoms with E-state index < -0.39 is 28.7 Å². The lowest BCUT2D eigenvalue weighted by Gasteiger charge is -2.11. The minimum atomic E-state index is -0.678. The molecule has 0 radical (unpaired) electrons. The molecule has 1 N–H and O–H groups in total. The summed E-state index contributed by atoms with van der Waals surface area (Å²) in [5.74, 6) is -2.35. The number of carbonyl (C=O) groups is 3. The number of nitrogens with zero attached hydrogens (tertiary/aromatic N) is 1. The number of amides is 1. The third-order valence-electron chi connectivity index (χ3n) is 4.45. The first-order valence-corrected chi connectivity index (χ1v) is 9.06. The van der Waals surface area contributed by atoms with Crippen molar-refractivity contribution in [2.75, 3.05) is 19.5 Å². The Labute approximate surface area is 163 Å². The fourth-order valence-electron chi connectivity index (χ4n) is 3.17. The number of esters is 2. The monoisotopic (exact) mass is 404 g/mol. The van der Waals surface area contributed by atoms with Crippen molar-refractivity contribution in [3.8, 4) is 0 Å². The van der Waals surface area contributed by atoms with Crippen LogP contribution in [-0.4, -0.2) is 37.0 Å². The Morgan fingerprint density at radius 3 is 2.64 bits per heavy atom. The summed E-state index contributed by atoms with van der Waals surface area (Å²) in [5, 5.41) is 13.8. The maximum Gasteiger partial charge on any atom is 0.341 e. The van der Waals surface area contributed by atoms with Gasteiger partial charge in [0.05, 0.1) is 30.6 Å². The van der Waals surface area contributed by atoms with E-state index in [-0.39, 0.29) is 21.8 Å². The maximum atomic E-state index is 12.6. The number of thiophene rings is 1. The van der Waals surface area contributed by atoms with Gasteiger partial charge in [-0.25, -0.2) is 4.79 Å². The van der Waals surface area contributed by atoms with Gasteiger partial charge in [0.2, 0.25) is 0 Å². The van der Waals surface area contributed by atoms with Crippen LogP contribution in [0.5, 0.6) is 0 Å². The molecule has 28 heavy (non-hydrogen) atoms. The van der Waals surface area contributed by atoms with E-state index in [2.05, 4.69) is 5.32 Å². The maximum absolute atomic E-state index is 12.6. The summed E-state index contributed by atoms with van der Waals surface area (Å²) in [6.45, 7) is 0. The molecule has 9 nitrogen and oxygen atoms in total. The first-order chi connectivity index (χ1) is 13.4. The first-order valence-electron chi connectivity index (χ1n) is 8.24. The van der Waals surface area contributed by atoms with E-state index in [9.17, 15) is 24.5 Å². The SMILES string of the molecule is COC(=O)c1c(NC(=O)c2cccc([N+](=O)[O-])c2)sc2c1[C@@H](C(=O)OC)CC2. The Bertz CT molecular complexity index is 982. The number of non-ortho nitro benzene ring substituents is 1. The molecule has 146 valence electrons. The lowest BCUT2D eigenvalue weighted by atomic mass is 9.99. The van der Waals surface area contributed by atoms with E-state index in [1.807, 2.05) is 0 Å². The second-order valence-electron chi connectivity index (χ2n) is 6.01. The molecule has 0 saturated carbocycles. The second kappa shape index (κ2) is 7.77. The molecule has 1 atom stereocenters. The summed E-state index contributed by atoms with van der Waals surface area (Å²) in [6.07, 6.45) is 1.08. The van der Waals surface area contributed by atoms with Gasteiger partial charge in [0.15, 0.2) is 0 Å². The predicted octanol–water partition coefficient (Wildman–Crippen LogP) is 2.90. The van der Waals surface area contributed by atoms with Crippen molar-refractivity contribution in [2.45, 2.75) is 18.8 Å². The number of benzene rings is 1. The van der Waals surface area contributed by atoms with Crippen LogP contribution in [0.25, 0.3) is 0 Å². The third-order valence-corrected chi connectivity index (χ3v) is 5.63. The number of anilines is 1. The van der Waals surface area contributed by atoms with Gasteiger partial charge in [0.25, 0.3) is 11.6 Å². The summed E-state index contributed by atoms with van der Waals surface area (Å²) in [6, 6.07) is 5.25. The van der Waals surface area contributed by atoms with Gasteiger partial charge >= 0.3 is 11.9 Å². The summed E-state index contributed by atoms with van der Waals surface area (Å²) < 4.78 is 9.65. The van der Waals surface area contributed by atoms with Gasteiger partial charge in [-0.2, -0.15) is 0 Å². The molecular formula is C18H16N2O7S. The van der Waals surface area contributed by atoms with Crippen LogP contribution in [0.15, 0.2) is 24.3 Å². The Morgan fingerprint density at radius 2 is 2.00 bits per heavy atom. The van der Waals surface area contributed by atoms with Crippen LogP contribution in [-0.2, 0) is 20.7 Å². The number of fused-ring (bicyclic) bond motifs is 1. The summed E-state index contributed by atoms with van der Waals surface area (Å²) in [4.78, 5) is 48.1. The van der Waals surface area contributed by atoms with Crippen LogP contribution in [0.1, 0.15) is 43.5 Å². The van der Waals surface area contributed by atoms with Crippen molar-refractivity contribution < 1.29 is 28.8 Å². The van der Waals surface area contributed by atoms with Crippen LogP contribution in [0.4, 0.5) is 10.7 Å². The number of hydrogen-bond acceptors (Lipinski definition) is 8. The van der Waals surface area contributed by atoms with E-state index in [0.717, 1.165) is 10.9 Å². The first kappa shape index (κ1) is 19.5. The van der Waals surface area contributed by atoms with Gasteiger partial charge in [-0.15, -0.1) is 11.3 Å². The van der Waals surface area contributed by atoms with E-state index in [4.69, 9.17) is 9.47 Å². The molecule has 3 rings (SSSR count). The highest BCUT2D eigenvalue weighted by molar-refractivity contribution is 7.17. The number of carbonyl (C=O) groups excluding carboxylic acids is 3. The molecule has 1 heterocycles. The minimum Gasteiger partial charge on any atom is -0.469 e. The van der Waals surface area contributed by atoms with E-state index in [1.165, 1.54) is 43.8 Å². The molecular weight excluding hydrogens is 388 g/mol. The van der Waals surface area contributed by atoms with Gasteiger partial charge < -0.3 is 14.8 Å². The lowest BCUT2D eigenvalue weighted by Crippen LogP contribution is -2.17. The zero-order chi connectivity index (χ0) is 20.4. The van der Waals surface area contributed by atoms with Crippen molar-refractivity contribution in [2.24, 2.45) is 0 Å². The standard InChI is InChI=1S/C18H16N2O7S/c1-26-17(22)11-6-7-12-13(11)14(18(23)27-2)16(28-12)19-15(21)9-4-3-5-10(8-9)20(24)25/h3-5,8,11H,6-7H2,1-2H3,(H,19,21)/t11-/m0/s1. The van der Waals surface area contributed by atoms with Crippen LogP contribution >= 0.6 is 11.3 Å². The Kier molecular flexibility index (Phi) is 5.41. The zero-order valence-corrected chi connectivity index (χ0v) is 15.8. The van der Waals surface area contributed by atoms with Crippen molar-refractivity contribution in [1.29, 1.82) is 0 Å². The van der Waals surface area contributed by atoms with Gasteiger partial charge in [0.1, 0.15) is 5.00 Å². The number of methoxy groups -OCH3 is 2. The quantitative estimate of drug-likeness (QED) is 0.461. The molecule has 0 aliphatic heterocycles. The van der Waals surface area contributed by atoms with Crippen LogP contribution in [0.2, 0.25) is 0 Å². The third kappa shape index (κ3) is 3.46. The summed E-state index contributed by atoms with van der Waals surface area (Å²) in [5.41, 5.74) is 0.482. The number of ether oxygens (including phenoxy) is 2. The molecule has 1 aromatic heterocycles.